The van der Waals surface area contributed by atoms with Crippen molar-refractivity contribution >= 4 is 27.7 Å². The van der Waals surface area contributed by atoms with Crippen LogP contribution in [0.5, 0.6) is 0 Å². The molecule has 2 unspecified atom stereocenters. The average Bonchev–Trinajstić information content (AvgIpc) is 2.39. The molecule has 6 heteroatoms. The Morgan fingerprint density at radius 1 is 1.06 bits per heavy atom. The highest BCUT2D eigenvalue weighted by molar-refractivity contribution is 9.10. The van der Waals surface area contributed by atoms with Crippen LogP contribution in [-0.2, 0) is 9.59 Å². The van der Waals surface area contributed by atoms with Crippen LogP contribution in [0.3, 0.4) is 0 Å². The monoisotopic (exact) mass is 289 g/mol. The van der Waals surface area contributed by atoms with E-state index < -0.39 is 34.2 Å². The van der Waals surface area contributed by atoms with E-state index in [1.165, 1.54) is 0 Å². The predicted molar refractivity (Wildman–Crippen MR) is 55.0 cm³/mol. The summed E-state index contributed by atoms with van der Waals surface area (Å²) < 4.78 is 25.9. The summed E-state index contributed by atoms with van der Waals surface area (Å²) in [7, 11) is 0. The van der Waals surface area contributed by atoms with Gasteiger partial charge in [-0.25, -0.2) is 8.78 Å². The van der Waals surface area contributed by atoms with Crippen molar-refractivity contribution in [3.05, 3.63) is 35.4 Å². The van der Waals surface area contributed by atoms with Crippen molar-refractivity contribution in [3.63, 3.8) is 0 Å². The van der Waals surface area contributed by atoms with Gasteiger partial charge in [0.15, 0.2) is 0 Å². The predicted octanol–water partition coefficient (Wildman–Crippen LogP) is 1.47. The smallest absolute Gasteiger partial charge is 0.241 e. The summed E-state index contributed by atoms with van der Waals surface area (Å²) in [5.74, 6) is -3.50. The summed E-state index contributed by atoms with van der Waals surface area (Å²) >= 11 is 3.02. The van der Waals surface area contributed by atoms with E-state index in [4.69, 9.17) is 0 Å². The van der Waals surface area contributed by atoms with Crippen LogP contribution in [0, 0.1) is 11.6 Å². The van der Waals surface area contributed by atoms with Crippen LogP contribution >= 0.6 is 15.9 Å². The van der Waals surface area contributed by atoms with E-state index in [0.717, 1.165) is 12.1 Å². The van der Waals surface area contributed by atoms with Gasteiger partial charge in [0, 0.05) is 6.07 Å². The summed E-state index contributed by atoms with van der Waals surface area (Å²) in [5, 5.41) is 2.08. The molecule has 0 aliphatic carbocycles. The third kappa shape index (κ3) is 1.84. The van der Waals surface area contributed by atoms with Gasteiger partial charge in [0.05, 0.1) is 5.92 Å². The van der Waals surface area contributed by atoms with Crippen molar-refractivity contribution in [1.82, 2.24) is 5.32 Å². The molecule has 0 spiro atoms. The maximum Gasteiger partial charge on any atom is 0.241 e. The van der Waals surface area contributed by atoms with Gasteiger partial charge >= 0.3 is 0 Å². The Hall–Kier alpha value is -1.30. The lowest BCUT2D eigenvalue weighted by molar-refractivity contribution is -0.125. The second kappa shape index (κ2) is 3.93. The second-order valence-corrected chi connectivity index (χ2v) is 4.42. The summed E-state index contributed by atoms with van der Waals surface area (Å²) in [6.07, 6.45) is 0. The fraction of sp³-hybridized carbons (Fsp3) is 0.200. The third-order valence-corrected chi connectivity index (χ3v) is 3.26. The zero-order valence-electron chi connectivity index (χ0n) is 7.84. The summed E-state index contributed by atoms with van der Waals surface area (Å²) in [4.78, 5) is 21.8. The molecule has 1 heterocycles. The van der Waals surface area contributed by atoms with Gasteiger partial charge in [-0.2, -0.15) is 0 Å². The molecule has 2 amide bonds. The van der Waals surface area contributed by atoms with E-state index in [1.54, 1.807) is 0 Å². The quantitative estimate of drug-likeness (QED) is 0.629. The van der Waals surface area contributed by atoms with Crippen LogP contribution in [0.2, 0.25) is 0 Å². The molecule has 16 heavy (non-hydrogen) atoms. The molecule has 0 saturated carbocycles. The van der Waals surface area contributed by atoms with Gasteiger partial charge in [-0.3, -0.25) is 14.9 Å². The normalized spacial score (nSPS) is 24.7. The second-order valence-electron chi connectivity index (χ2n) is 3.44. The molecule has 0 radical (unpaired) electrons. The first kappa shape index (κ1) is 11.2. The molecule has 84 valence electrons. The first-order chi connectivity index (χ1) is 7.49. The van der Waals surface area contributed by atoms with Crippen molar-refractivity contribution in [2.45, 2.75) is 10.7 Å². The molecule has 0 aromatic heterocycles. The van der Waals surface area contributed by atoms with Gasteiger partial charge < -0.3 is 0 Å². The van der Waals surface area contributed by atoms with Crippen LogP contribution in [0.25, 0.3) is 0 Å². The number of alkyl halides is 1. The van der Waals surface area contributed by atoms with E-state index in [9.17, 15) is 18.4 Å². The Labute approximate surface area is 98.0 Å². The van der Waals surface area contributed by atoms with Crippen LogP contribution < -0.4 is 5.32 Å². The summed E-state index contributed by atoms with van der Waals surface area (Å²) in [6.45, 7) is 0. The molecule has 1 aliphatic rings. The van der Waals surface area contributed by atoms with Gasteiger partial charge in [0.25, 0.3) is 0 Å². The Morgan fingerprint density at radius 2 is 1.62 bits per heavy atom. The van der Waals surface area contributed by atoms with E-state index in [2.05, 4.69) is 21.2 Å². The minimum atomic E-state index is -0.891. The lowest BCUT2D eigenvalue weighted by Gasteiger charge is -2.10. The molecular formula is C10H6BrF2NO2. The minimum absolute atomic E-state index is 0.141. The molecule has 2 rings (SSSR count). The Kier molecular flexibility index (Phi) is 2.75. The maximum atomic E-state index is 13.0. The number of carbonyl (C=O) groups excluding carboxylic acids is 2. The molecule has 1 aromatic carbocycles. The number of amides is 2. The third-order valence-electron chi connectivity index (χ3n) is 2.32. The molecule has 1 aliphatic heterocycles. The number of nitrogens with one attached hydrogen (secondary N) is 1. The van der Waals surface area contributed by atoms with Crippen molar-refractivity contribution in [3.8, 4) is 0 Å². The van der Waals surface area contributed by atoms with E-state index >= 15 is 0 Å². The number of rotatable bonds is 1. The van der Waals surface area contributed by atoms with Crippen LogP contribution in [0.15, 0.2) is 18.2 Å². The summed E-state index contributed by atoms with van der Waals surface area (Å²) in [5.41, 5.74) is 0.141. The lowest BCUT2D eigenvalue weighted by Crippen LogP contribution is -2.22. The van der Waals surface area contributed by atoms with Gasteiger partial charge in [0.2, 0.25) is 11.8 Å². The van der Waals surface area contributed by atoms with Gasteiger partial charge in [-0.1, -0.05) is 15.9 Å². The lowest BCUT2D eigenvalue weighted by atomic mass is 9.97. The highest BCUT2D eigenvalue weighted by Crippen LogP contribution is 2.30. The molecule has 1 aromatic rings. The summed E-state index contributed by atoms with van der Waals surface area (Å²) in [6, 6.07) is 2.79. The van der Waals surface area contributed by atoms with Crippen LogP contribution in [0.4, 0.5) is 8.78 Å². The first-order valence-electron chi connectivity index (χ1n) is 4.44. The fourth-order valence-corrected chi connectivity index (χ4v) is 2.29. The van der Waals surface area contributed by atoms with Crippen molar-refractivity contribution in [2.75, 3.05) is 0 Å². The van der Waals surface area contributed by atoms with Crippen LogP contribution in [-0.4, -0.2) is 16.6 Å². The number of imide groups is 1. The number of halogens is 3. The van der Waals surface area contributed by atoms with Gasteiger partial charge in [-0.15, -0.1) is 0 Å². The Bertz CT molecular complexity index is 458. The number of hydrogen-bond donors (Lipinski definition) is 1. The topological polar surface area (TPSA) is 46.2 Å². The van der Waals surface area contributed by atoms with Crippen LogP contribution in [0.1, 0.15) is 11.5 Å². The Morgan fingerprint density at radius 3 is 2.06 bits per heavy atom. The molecular weight excluding hydrogens is 284 g/mol. The van der Waals surface area contributed by atoms with Crippen molar-refractivity contribution in [2.24, 2.45) is 0 Å². The standard InChI is InChI=1S/C10H6BrF2NO2/c11-8-7(9(15)14-10(8)16)4-1-5(12)3-6(13)2-4/h1-3,7-8H,(H,14,15,16). The molecule has 2 atom stereocenters. The highest BCUT2D eigenvalue weighted by Gasteiger charge is 2.41. The van der Waals surface area contributed by atoms with Gasteiger partial charge in [0.1, 0.15) is 16.5 Å². The average molecular weight is 290 g/mol. The number of carbonyl (C=O) groups is 2. The minimum Gasteiger partial charge on any atom is -0.295 e. The van der Waals surface area contributed by atoms with E-state index in [-0.39, 0.29) is 5.56 Å². The van der Waals surface area contributed by atoms with E-state index in [0.29, 0.717) is 6.07 Å². The Balaban J connectivity index is 2.44. The number of hydrogen-bond acceptors (Lipinski definition) is 2. The van der Waals surface area contributed by atoms with E-state index in [1.807, 2.05) is 0 Å². The zero-order chi connectivity index (χ0) is 11.9. The largest absolute Gasteiger partial charge is 0.295 e. The maximum absolute atomic E-state index is 13.0. The number of benzene rings is 1. The molecule has 1 saturated heterocycles. The molecule has 1 N–H and O–H groups in total. The van der Waals surface area contributed by atoms with Gasteiger partial charge in [-0.05, 0) is 17.7 Å². The molecule has 1 fully saturated rings. The SMILES string of the molecule is O=C1NC(=O)C(c2cc(F)cc(F)c2)C1Br. The first-order valence-corrected chi connectivity index (χ1v) is 5.35. The fourth-order valence-electron chi connectivity index (χ4n) is 1.63. The zero-order valence-corrected chi connectivity index (χ0v) is 9.42. The molecule has 3 nitrogen and oxygen atoms in total. The van der Waals surface area contributed by atoms with Crippen molar-refractivity contribution < 1.29 is 18.4 Å². The highest BCUT2D eigenvalue weighted by atomic mass is 79.9. The van der Waals surface area contributed by atoms with Crippen molar-refractivity contribution in [1.29, 1.82) is 0 Å². The molecule has 0 bridgehead atoms.